The second-order valence-corrected chi connectivity index (χ2v) is 3.79. The lowest BCUT2D eigenvalue weighted by Gasteiger charge is -2.29. The molecule has 3 heterocycles. The molecule has 0 saturated carbocycles. The second kappa shape index (κ2) is 3.55. The van der Waals surface area contributed by atoms with Crippen LogP contribution in [0.25, 0.3) is 6.08 Å². The molecule has 0 spiro atoms. The zero-order chi connectivity index (χ0) is 11.8. The Morgan fingerprint density at radius 1 is 1.41 bits per heavy atom. The number of nitrogens with two attached hydrogens (primary N) is 1. The summed E-state index contributed by atoms with van der Waals surface area (Å²) in [5, 5.41) is 0. The first kappa shape index (κ1) is 9.77. The Morgan fingerprint density at radius 3 is 3.12 bits per heavy atom. The number of hydrogen-bond donors (Lipinski definition) is 1. The van der Waals surface area contributed by atoms with Gasteiger partial charge < -0.3 is 10.6 Å². The van der Waals surface area contributed by atoms with Crippen molar-refractivity contribution in [3.05, 3.63) is 41.4 Å². The quantitative estimate of drug-likeness (QED) is 0.774. The summed E-state index contributed by atoms with van der Waals surface area (Å²) in [6, 6.07) is 1.64. The van der Waals surface area contributed by atoms with Gasteiger partial charge in [-0.1, -0.05) is 0 Å². The number of carbonyl (C=O) groups excluding carboxylic acids is 1. The van der Waals surface area contributed by atoms with E-state index in [1.807, 2.05) is 17.1 Å². The lowest BCUT2D eigenvalue weighted by molar-refractivity contribution is 0.1000. The molecule has 0 saturated heterocycles. The highest BCUT2D eigenvalue weighted by Crippen LogP contribution is 2.31. The van der Waals surface area contributed by atoms with Gasteiger partial charge in [0.05, 0.1) is 24.0 Å². The number of nitrogens with zero attached hydrogens (tertiary/aromatic N) is 3. The summed E-state index contributed by atoms with van der Waals surface area (Å²) in [5.41, 5.74) is 7.58. The minimum Gasteiger partial charge on any atom is -0.366 e. The number of allylic oxidation sites excluding steroid dienone is 1. The van der Waals surface area contributed by atoms with Crippen molar-refractivity contribution in [1.29, 1.82) is 0 Å². The number of fused-ring (bicyclic) bond motifs is 3. The van der Waals surface area contributed by atoms with Crippen LogP contribution in [0.5, 0.6) is 0 Å². The smallest absolute Gasteiger partial charge is 0.249 e. The Morgan fingerprint density at radius 2 is 2.29 bits per heavy atom. The molecule has 1 amide bonds. The molecule has 2 aliphatic rings. The summed E-state index contributed by atoms with van der Waals surface area (Å²) in [4.78, 5) is 21.7. The van der Waals surface area contributed by atoms with Crippen LogP contribution in [-0.2, 0) is 0 Å². The van der Waals surface area contributed by atoms with Crippen molar-refractivity contribution in [3.8, 4) is 0 Å². The van der Waals surface area contributed by atoms with Crippen LogP contribution < -0.4 is 10.6 Å². The van der Waals surface area contributed by atoms with Crippen LogP contribution in [0.2, 0.25) is 0 Å². The van der Waals surface area contributed by atoms with E-state index in [9.17, 15) is 4.79 Å². The van der Waals surface area contributed by atoms with Crippen LogP contribution in [0, 0.1) is 0 Å². The van der Waals surface area contributed by atoms with Gasteiger partial charge in [-0.2, -0.15) is 0 Å². The lowest BCUT2D eigenvalue weighted by Crippen LogP contribution is -2.30. The van der Waals surface area contributed by atoms with Gasteiger partial charge in [-0.15, -0.1) is 0 Å². The number of carbonyl (C=O) groups is 1. The van der Waals surface area contributed by atoms with E-state index in [1.165, 1.54) is 0 Å². The van der Waals surface area contributed by atoms with Crippen LogP contribution in [-0.4, -0.2) is 23.7 Å². The fourth-order valence-corrected chi connectivity index (χ4v) is 2.00. The number of hydrogen-bond acceptors (Lipinski definition) is 4. The third-order valence-electron chi connectivity index (χ3n) is 2.80. The molecule has 5 nitrogen and oxygen atoms in total. The Bertz CT molecular complexity index is 586. The van der Waals surface area contributed by atoms with Crippen molar-refractivity contribution >= 4 is 24.0 Å². The number of amides is 1. The molecule has 5 heteroatoms. The van der Waals surface area contributed by atoms with E-state index < -0.39 is 5.91 Å². The van der Waals surface area contributed by atoms with E-state index in [-0.39, 0.29) is 0 Å². The van der Waals surface area contributed by atoms with Gasteiger partial charge in [0.25, 0.3) is 0 Å². The minimum atomic E-state index is -0.439. The Hall–Kier alpha value is -2.43. The first-order chi connectivity index (χ1) is 8.27. The van der Waals surface area contributed by atoms with Crippen molar-refractivity contribution < 1.29 is 4.79 Å². The predicted molar refractivity (Wildman–Crippen MR) is 65.7 cm³/mol. The molecular formula is C12H10N4O. The van der Waals surface area contributed by atoms with E-state index in [1.54, 1.807) is 24.7 Å². The molecule has 0 atom stereocenters. The molecular weight excluding hydrogens is 216 g/mol. The standard InChI is InChI=1S/C12H10N4O/c13-11(17)9-3-4-15-12-10(9)2-1-8-7-14-5-6-16(8)12/h1-5,7H,6H2,(H2,13,17). The molecule has 0 bridgehead atoms. The first-order valence-electron chi connectivity index (χ1n) is 5.23. The average Bonchev–Trinajstić information content (AvgIpc) is 2.37. The van der Waals surface area contributed by atoms with Crippen molar-refractivity contribution in [1.82, 2.24) is 4.98 Å². The molecule has 3 rings (SSSR count). The molecule has 0 unspecified atom stereocenters. The monoisotopic (exact) mass is 226 g/mol. The summed E-state index contributed by atoms with van der Waals surface area (Å²) in [6.07, 6.45) is 8.92. The second-order valence-electron chi connectivity index (χ2n) is 3.79. The van der Waals surface area contributed by atoms with Gasteiger partial charge >= 0.3 is 0 Å². The third-order valence-corrected chi connectivity index (χ3v) is 2.80. The van der Waals surface area contributed by atoms with Crippen molar-refractivity contribution in [2.45, 2.75) is 0 Å². The van der Waals surface area contributed by atoms with Crippen LogP contribution in [0.4, 0.5) is 5.82 Å². The van der Waals surface area contributed by atoms with E-state index >= 15 is 0 Å². The predicted octanol–water partition coefficient (Wildman–Crippen LogP) is 0.939. The zero-order valence-corrected chi connectivity index (χ0v) is 9.00. The van der Waals surface area contributed by atoms with Crippen LogP contribution in [0.1, 0.15) is 15.9 Å². The largest absolute Gasteiger partial charge is 0.366 e. The van der Waals surface area contributed by atoms with Gasteiger partial charge in [0.15, 0.2) is 0 Å². The molecule has 0 aromatic carbocycles. The Labute approximate surface area is 98.0 Å². The highest BCUT2D eigenvalue weighted by Gasteiger charge is 2.22. The van der Waals surface area contributed by atoms with E-state index in [4.69, 9.17) is 5.73 Å². The number of aromatic nitrogens is 1. The third kappa shape index (κ3) is 1.44. The topological polar surface area (TPSA) is 71.6 Å². The van der Waals surface area contributed by atoms with E-state index in [0.29, 0.717) is 12.1 Å². The number of primary amides is 1. The summed E-state index contributed by atoms with van der Waals surface area (Å²) in [5.74, 6) is 0.313. The van der Waals surface area contributed by atoms with Gasteiger partial charge in [0.2, 0.25) is 5.91 Å². The Kier molecular flexibility index (Phi) is 2.04. The van der Waals surface area contributed by atoms with E-state index in [2.05, 4.69) is 9.98 Å². The molecule has 17 heavy (non-hydrogen) atoms. The highest BCUT2D eigenvalue weighted by atomic mass is 16.1. The molecule has 1 aromatic rings. The molecule has 1 aromatic heterocycles. The zero-order valence-electron chi connectivity index (χ0n) is 9.00. The molecule has 2 aliphatic heterocycles. The normalized spacial score (nSPS) is 16.2. The number of pyridine rings is 1. The fraction of sp³-hybridized carbons (Fsp3) is 0.0833. The van der Waals surface area contributed by atoms with Gasteiger partial charge in [-0.05, 0) is 18.2 Å². The van der Waals surface area contributed by atoms with Crippen LogP contribution >= 0.6 is 0 Å². The molecule has 2 N–H and O–H groups in total. The summed E-state index contributed by atoms with van der Waals surface area (Å²) >= 11 is 0. The summed E-state index contributed by atoms with van der Waals surface area (Å²) in [6.45, 7) is 0.651. The first-order valence-corrected chi connectivity index (χ1v) is 5.23. The van der Waals surface area contributed by atoms with Crippen LogP contribution in [0.3, 0.4) is 0 Å². The van der Waals surface area contributed by atoms with Crippen LogP contribution in [0.15, 0.2) is 35.2 Å². The van der Waals surface area contributed by atoms with Gasteiger partial charge in [0, 0.05) is 18.0 Å². The maximum atomic E-state index is 11.3. The average molecular weight is 226 g/mol. The van der Waals surface area contributed by atoms with Crippen molar-refractivity contribution in [3.63, 3.8) is 0 Å². The molecule has 84 valence electrons. The number of anilines is 1. The fourth-order valence-electron chi connectivity index (χ4n) is 2.00. The maximum Gasteiger partial charge on any atom is 0.249 e. The molecule has 0 radical (unpaired) electrons. The van der Waals surface area contributed by atoms with Gasteiger partial charge in [0.1, 0.15) is 5.82 Å². The van der Waals surface area contributed by atoms with Crippen molar-refractivity contribution in [2.24, 2.45) is 10.7 Å². The lowest BCUT2D eigenvalue weighted by atomic mass is 10.0. The van der Waals surface area contributed by atoms with Crippen molar-refractivity contribution in [2.75, 3.05) is 11.4 Å². The molecule has 0 fully saturated rings. The maximum absolute atomic E-state index is 11.3. The summed E-state index contributed by atoms with van der Waals surface area (Å²) < 4.78 is 0. The Balaban J connectivity index is 2.20. The van der Waals surface area contributed by atoms with Gasteiger partial charge in [-0.3, -0.25) is 9.79 Å². The number of rotatable bonds is 1. The highest BCUT2D eigenvalue weighted by molar-refractivity contribution is 5.99. The minimum absolute atomic E-state index is 0.439. The van der Waals surface area contributed by atoms with Gasteiger partial charge in [-0.25, -0.2) is 4.98 Å². The number of aliphatic imine (C=N–C) groups is 1. The molecule has 0 aliphatic carbocycles. The van der Waals surface area contributed by atoms with E-state index in [0.717, 1.165) is 17.1 Å². The SMILES string of the molecule is NC(=O)c1ccnc2c1C=CC1=CN=CCN12. The summed E-state index contributed by atoms with van der Waals surface area (Å²) in [7, 11) is 0.